The number of carbonyl (C=O) groups is 2. The van der Waals surface area contributed by atoms with E-state index in [2.05, 4.69) is 17.4 Å². The van der Waals surface area contributed by atoms with Gasteiger partial charge >= 0.3 is 0 Å². The summed E-state index contributed by atoms with van der Waals surface area (Å²) in [4.78, 5) is 25.8. The van der Waals surface area contributed by atoms with Crippen LogP contribution in [0.25, 0.3) is 0 Å². The zero-order valence-electron chi connectivity index (χ0n) is 12.9. The molecule has 120 valence electrons. The molecule has 0 unspecified atom stereocenters. The van der Waals surface area contributed by atoms with Crippen LogP contribution in [0.2, 0.25) is 0 Å². The van der Waals surface area contributed by atoms with Crippen LogP contribution in [0.5, 0.6) is 0 Å². The van der Waals surface area contributed by atoms with E-state index in [1.165, 1.54) is 11.8 Å². The van der Waals surface area contributed by atoms with Crippen LogP contribution < -0.4 is 5.32 Å². The van der Waals surface area contributed by atoms with E-state index in [-0.39, 0.29) is 23.6 Å². The molecule has 0 saturated carbocycles. The van der Waals surface area contributed by atoms with Crippen molar-refractivity contribution in [3.05, 3.63) is 60.1 Å². The highest BCUT2D eigenvalue weighted by molar-refractivity contribution is 5.92. The van der Waals surface area contributed by atoms with Crippen LogP contribution in [0.3, 0.4) is 0 Å². The molecule has 2 heterocycles. The molecule has 0 spiro atoms. The molecule has 1 aliphatic heterocycles. The van der Waals surface area contributed by atoms with Crippen LogP contribution in [0.1, 0.15) is 29.0 Å². The molecule has 1 atom stereocenters. The number of carbonyl (C=O) groups excluding carboxylic acids is 2. The highest BCUT2D eigenvalue weighted by atomic mass is 16.3. The predicted octanol–water partition coefficient (Wildman–Crippen LogP) is 2.24. The Balaban J connectivity index is 1.45. The molecule has 1 fully saturated rings. The summed E-state index contributed by atoms with van der Waals surface area (Å²) in [6, 6.07) is 13.4. The van der Waals surface area contributed by atoms with E-state index >= 15 is 0 Å². The van der Waals surface area contributed by atoms with Crippen LogP contribution in [-0.4, -0.2) is 35.8 Å². The van der Waals surface area contributed by atoms with Gasteiger partial charge in [-0.3, -0.25) is 9.59 Å². The Labute approximate surface area is 135 Å². The second kappa shape index (κ2) is 7.13. The summed E-state index contributed by atoms with van der Waals surface area (Å²) in [6.45, 7) is 1.29. The maximum absolute atomic E-state index is 12.0. The van der Waals surface area contributed by atoms with E-state index in [0.717, 1.165) is 19.4 Å². The number of nitrogens with zero attached hydrogens (tertiary/aromatic N) is 1. The predicted molar refractivity (Wildman–Crippen MR) is 85.9 cm³/mol. The van der Waals surface area contributed by atoms with Crippen LogP contribution in [0, 0.1) is 0 Å². The number of benzene rings is 1. The molecule has 1 aliphatic rings. The summed E-state index contributed by atoms with van der Waals surface area (Å²) in [6.07, 6.45) is 3.70. The Morgan fingerprint density at radius 3 is 2.78 bits per heavy atom. The average molecular weight is 312 g/mol. The van der Waals surface area contributed by atoms with E-state index in [1.54, 1.807) is 12.1 Å². The lowest BCUT2D eigenvalue weighted by molar-refractivity contribution is -0.127. The number of amides is 2. The third-order valence-corrected chi connectivity index (χ3v) is 4.03. The Hall–Kier alpha value is -2.56. The number of rotatable bonds is 6. The molecular weight excluding hydrogens is 292 g/mol. The van der Waals surface area contributed by atoms with Crippen molar-refractivity contribution in [3.63, 3.8) is 0 Å². The first-order valence-corrected chi connectivity index (χ1v) is 7.88. The second-order valence-corrected chi connectivity index (χ2v) is 5.78. The van der Waals surface area contributed by atoms with Crippen molar-refractivity contribution in [2.75, 3.05) is 13.1 Å². The molecule has 0 bridgehead atoms. The fourth-order valence-corrected chi connectivity index (χ4v) is 2.87. The van der Waals surface area contributed by atoms with Gasteiger partial charge in [0.2, 0.25) is 5.91 Å². The van der Waals surface area contributed by atoms with Crippen molar-refractivity contribution in [2.24, 2.45) is 0 Å². The second-order valence-electron chi connectivity index (χ2n) is 5.78. The molecule has 5 heteroatoms. The molecular formula is C18H20N2O3. The van der Waals surface area contributed by atoms with Crippen molar-refractivity contribution < 1.29 is 14.0 Å². The van der Waals surface area contributed by atoms with Gasteiger partial charge in [0.1, 0.15) is 0 Å². The highest BCUT2D eigenvalue weighted by Crippen LogP contribution is 2.13. The molecule has 1 aromatic heterocycles. The topological polar surface area (TPSA) is 62.6 Å². The highest BCUT2D eigenvalue weighted by Gasteiger charge is 2.30. The average Bonchev–Trinajstić information content (AvgIpc) is 3.19. The van der Waals surface area contributed by atoms with E-state index in [4.69, 9.17) is 4.42 Å². The van der Waals surface area contributed by atoms with Crippen LogP contribution >= 0.6 is 0 Å². The van der Waals surface area contributed by atoms with Crippen molar-refractivity contribution in [3.8, 4) is 0 Å². The number of hydrogen-bond acceptors (Lipinski definition) is 3. The lowest BCUT2D eigenvalue weighted by Gasteiger charge is -2.16. The minimum atomic E-state index is -0.265. The largest absolute Gasteiger partial charge is 0.459 e. The lowest BCUT2D eigenvalue weighted by atomic mass is 10.1. The Kier molecular flexibility index (Phi) is 4.76. The van der Waals surface area contributed by atoms with Gasteiger partial charge in [0.25, 0.3) is 5.91 Å². The molecule has 2 amide bonds. The fourth-order valence-electron chi connectivity index (χ4n) is 2.87. The first-order chi connectivity index (χ1) is 11.2. The van der Waals surface area contributed by atoms with Gasteiger partial charge in [0, 0.05) is 19.5 Å². The van der Waals surface area contributed by atoms with E-state index < -0.39 is 0 Å². The maximum Gasteiger partial charge on any atom is 0.287 e. The van der Waals surface area contributed by atoms with Gasteiger partial charge in [-0.25, -0.2) is 0 Å². The van der Waals surface area contributed by atoms with Crippen LogP contribution in [0.15, 0.2) is 53.1 Å². The van der Waals surface area contributed by atoms with Gasteiger partial charge in [-0.15, -0.1) is 0 Å². The molecule has 2 aromatic rings. The van der Waals surface area contributed by atoms with E-state index in [9.17, 15) is 9.59 Å². The third kappa shape index (κ3) is 4.00. The normalized spacial score (nSPS) is 17.5. The summed E-state index contributed by atoms with van der Waals surface area (Å²) >= 11 is 0. The molecule has 0 radical (unpaired) electrons. The van der Waals surface area contributed by atoms with Crippen molar-refractivity contribution in [1.29, 1.82) is 0 Å². The Bertz CT molecular complexity index is 652. The molecule has 0 aliphatic carbocycles. The fraction of sp³-hybridized carbons (Fsp3) is 0.333. The maximum atomic E-state index is 12.0. The summed E-state index contributed by atoms with van der Waals surface area (Å²) < 4.78 is 5.06. The summed E-state index contributed by atoms with van der Waals surface area (Å²) in [5.74, 6) is 0.113. The monoisotopic (exact) mass is 312 g/mol. The SMILES string of the molecule is O=C(N[C@H]1CC(=O)N(CCCc2ccccc2)C1)c1ccco1. The number of aryl methyl sites for hydroxylation is 1. The molecule has 23 heavy (non-hydrogen) atoms. The standard InChI is InChI=1S/C18H20N2O3/c21-17-12-15(19-18(22)16-9-5-11-23-16)13-20(17)10-4-8-14-6-2-1-3-7-14/h1-3,5-7,9,11,15H,4,8,10,12-13H2,(H,19,22)/t15-/m0/s1. The van der Waals surface area contributed by atoms with Crippen LogP contribution in [-0.2, 0) is 11.2 Å². The quantitative estimate of drug-likeness (QED) is 0.890. The van der Waals surface area contributed by atoms with Gasteiger partial charge in [0.05, 0.1) is 12.3 Å². The number of hydrogen-bond donors (Lipinski definition) is 1. The Morgan fingerprint density at radius 2 is 2.04 bits per heavy atom. The van der Waals surface area contributed by atoms with Crippen molar-refractivity contribution in [2.45, 2.75) is 25.3 Å². The minimum absolute atomic E-state index is 0.0998. The van der Waals surface area contributed by atoms with Crippen molar-refractivity contribution in [1.82, 2.24) is 10.2 Å². The zero-order chi connectivity index (χ0) is 16.1. The molecule has 1 N–H and O–H groups in total. The van der Waals surface area contributed by atoms with Gasteiger partial charge in [-0.05, 0) is 30.5 Å². The zero-order valence-corrected chi connectivity index (χ0v) is 12.9. The molecule has 3 rings (SSSR count). The summed E-state index contributed by atoms with van der Waals surface area (Å²) in [5, 5.41) is 2.85. The number of nitrogens with one attached hydrogen (secondary N) is 1. The van der Waals surface area contributed by atoms with Gasteiger partial charge < -0.3 is 14.6 Å². The summed E-state index contributed by atoms with van der Waals surface area (Å²) in [7, 11) is 0. The van der Waals surface area contributed by atoms with Gasteiger partial charge in [-0.2, -0.15) is 0 Å². The third-order valence-electron chi connectivity index (χ3n) is 4.03. The first-order valence-electron chi connectivity index (χ1n) is 7.88. The molecule has 1 saturated heterocycles. The number of furan rings is 1. The van der Waals surface area contributed by atoms with E-state index in [1.807, 2.05) is 23.1 Å². The molecule has 5 nitrogen and oxygen atoms in total. The van der Waals surface area contributed by atoms with Gasteiger partial charge in [-0.1, -0.05) is 30.3 Å². The van der Waals surface area contributed by atoms with Gasteiger partial charge in [0.15, 0.2) is 5.76 Å². The van der Waals surface area contributed by atoms with Crippen molar-refractivity contribution >= 4 is 11.8 Å². The summed E-state index contributed by atoms with van der Waals surface area (Å²) in [5.41, 5.74) is 1.28. The smallest absolute Gasteiger partial charge is 0.287 e. The molecule has 1 aromatic carbocycles. The Morgan fingerprint density at radius 1 is 1.22 bits per heavy atom. The number of likely N-dealkylation sites (tertiary alicyclic amines) is 1. The minimum Gasteiger partial charge on any atom is -0.459 e. The van der Waals surface area contributed by atoms with E-state index in [0.29, 0.717) is 13.0 Å². The van der Waals surface area contributed by atoms with Crippen LogP contribution in [0.4, 0.5) is 0 Å². The first kappa shape index (κ1) is 15.3. The lowest BCUT2D eigenvalue weighted by Crippen LogP contribution is -2.37.